The molecule has 0 fully saturated rings. The summed E-state index contributed by atoms with van der Waals surface area (Å²) < 4.78 is 5.18. The van der Waals surface area contributed by atoms with Gasteiger partial charge < -0.3 is 10.5 Å². The Bertz CT molecular complexity index is 280. The third-order valence-corrected chi connectivity index (χ3v) is 1.82. The largest absolute Gasteiger partial charge is 0.443 e. The fourth-order valence-corrected chi connectivity index (χ4v) is 1.18. The lowest BCUT2D eigenvalue weighted by molar-refractivity contribution is -0.131. The minimum absolute atomic E-state index is 0.171. The van der Waals surface area contributed by atoms with Gasteiger partial charge in [0.15, 0.2) is 0 Å². The number of hydrogen-bond donors (Lipinski definition) is 1. The zero-order valence-corrected chi connectivity index (χ0v) is 11.6. The van der Waals surface area contributed by atoms with Crippen LogP contribution in [-0.4, -0.2) is 35.1 Å². The normalized spacial score (nSPS) is 13.4. The molecule has 0 aromatic rings. The fraction of sp³-hybridized carbons (Fsp3) is 0.833. The third kappa shape index (κ3) is 6.26. The van der Waals surface area contributed by atoms with Gasteiger partial charge in [-0.25, -0.2) is 9.69 Å². The van der Waals surface area contributed by atoms with Crippen LogP contribution >= 0.6 is 0 Å². The summed E-state index contributed by atoms with van der Waals surface area (Å²) in [6.45, 7) is 11.0. The van der Waals surface area contributed by atoms with Crippen LogP contribution in [0.1, 0.15) is 41.5 Å². The van der Waals surface area contributed by atoms with Crippen molar-refractivity contribution in [3.63, 3.8) is 0 Å². The van der Waals surface area contributed by atoms with Gasteiger partial charge in [0.25, 0.3) is 0 Å². The van der Waals surface area contributed by atoms with Gasteiger partial charge in [-0.2, -0.15) is 0 Å². The van der Waals surface area contributed by atoms with Crippen molar-refractivity contribution >= 4 is 12.0 Å². The molecule has 0 rings (SSSR count). The highest BCUT2D eigenvalue weighted by Gasteiger charge is 2.29. The first-order valence-electron chi connectivity index (χ1n) is 5.84. The number of ether oxygens (including phenoxy) is 1. The molecular weight excluding hydrogens is 220 g/mol. The highest BCUT2D eigenvalue weighted by molar-refractivity contribution is 5.94. The maximum atomic E-state index is 11.9. The SMILES string of the molecule is CC(C)CN(C(=O)OC(C)(C)C)C(=O)[C@H](C)N. The van der Waals surface area contributed by atoms with Crippen LogP contribution < -0.4 is 5.73 Å². The summed E-state index contributed by atoms with van der Waals surface area (Å²) in [6, 6.07) is -0.707. The molecule has 0 aliphatic heterocycles. The number of rotatable bonds is 3. The second-order valence-corrected chi connectivity index (χ2v) is 5.61. The molecule has 0 bridgehead atoms. The molecule has 0 unspecified atom stereocenters. The average Bonchev–Trinajstić information content (AvgIpc) is 2.09. The quantitative estimate of drug-likeness (QED) is 0.821. The lowest BCUT2D eigenvalue weighted by atomic mass is 10.2. The summed E-state index contributed by atoms with van der Waals surface area (Å²) in [4.78, 5) is 24.8. The summed E-state index contributed by atoms with van der Waals surface area (Å²) >= 11 is 0. The molecule has 100 valence electrons. The highest BCUT2D eigenvalue weighted by Crippen LogP contribution is 2.12. The molecule has 1 atom stereocenters. The standard InChI is InChI=1S/C12H24N2O3/c1-8(2)7-14(10(15)9(3)13)11(16)17-12(4,5)6/h8-9H,7,13H2,1-6H3/t9-/m0/s1. The second kappa shape index (κ2) is 6.00. The average molecular weight is 244 g/mol. The molecule has 0 heterocycles. The molecule has 0 saturated carbocycles. The van der Waals surface area contributed by atoms with Crippen molar-refractivity contribution in [3.05, 3.63) is 0 Å². The van der Waals surface area contributed by atoms with Crippen molar-refractivity contribution in [1.29, 1.82) is 0 Å². The van der Waals surface area contributed by atoms with Crippen LogP contribution in [-0.2, 0) is 9.53 Å². The van der Waals surface area contributed by atoms with E-state index in [0.717, 1.165) is 4.90 Å². The predicted molar refractivity (Wildman–Crippen MR) is 66.4 cm³/mol. The Morgan fingerprint density at radius 2 is 1.71 bits per heavy atom. The Balaban J connectivity index is 4.80. The van der Waals surface area contributed by atoms with Crippen LogP contribution in [0.2, 0.25) is 0 Å². The zero-order valence-electron chi connectivity index (χ0n) is 11.6. The number of amides is 2. The molecule has 5 nitrogen and oxygen atoms in total. The fourth-order valence-electron chi connectivity index (χ4n) is 1.18. The van der Waals surface area contributed by atoms with Gasteiger partial charge in [0.2, 0.25) is 5.91 Å². The molecule has 0 spiro atoms. The summed E-state index contributed by atoms with van der Waals surface area (Å²) in [5.41, 5.74) is 4.89. The third-order valence-electron chi connectivity index (χ3n) is 1.82. The topological polar surface area (TPSA) is 72.6 Å². The minimum atomic E-state index is -0.707. The Labute approximate surface area is 103 Å². The van der Waals surface area contributed by atoms with Crippen LogP contribution in [0.5, 0.6) is 0 Å². The molecule has 0 radical (unpaired) electrons. The van der Waals surface area contributed by atoms with E-state index in [1.54, 1.807) is 27.7 Å². The van der Waals surface area contributed by atoms with E-state index in [4.69, 9.17) is 10.5 Å². The van der Waals surface area contributed by atoms with Crippen LogP contribution in [0.4, 0.5) is 4.79 Å². The van der Waals surface area contributed by atoms with Crippen LogP contribution in [0, 0.1) is 5.92 Å². The zero-order chi connectivity index (χ0) is 13.8. The van der Waals surface area contributed by atoms with E-state index < -0.39 is 23.6 Å². The molecule has 2 N–H and O–H groups in total. The van der Waals surface area contributed by atoms with Crippen molar-refractivity contribution in [3.8, 4) is 0 Å². The molecule has 2 amide bonds. The van der Waals surface area contributed by atoms with Crippen molar-refractivity contribution < 1.29 is 14.3 Å². The van der Waals surface area contributed by atoms with Gasteiger partial charge in [-0.1, -0.05) is 13.8 Å². The van der Waals surface area contributed by atoms with Gasteiger partial charge in [-0.15, -0.1) is 0 Å². The molecule has 0 aliphatic rings. The molecule has 5 heteroatoms. The van der Waals surface area contributed by atoms with E-state index >= 15 is 0 Å². The van der Waals surface area contributed by atoms with Crippen molar-refractivity contribution in [2.75, 3.05) is 6.54 Å². The van der Waals surface area contributed by atoms with Crippen LogP contribution in [0.3, 0.4) is 0 Å². The first-order chi connectivity index (χ1) is 7.54. The predicted octanol–water partition coefficient (Wildman–Crippen LogP) is 1.75. The van der Waals surface area contributed by atoms with Gasteiger partial charge in [-0.3, -0.25) is 4.79 Å². The van der Waals surface area contributed by atoms with Gasteiger partial charge in [0.1, 0.15) is 5.60 Å². The molecular formula is C12H24N2O3. The molecule has 17 heavy (non-hydrogen) atoms. The maximum Gasteiger partial charge on any atom is 0.417 e. The van der Waals surface area contributed by atoms with E-state index in [2.05, 4.69) is 0 Å². The number of hydrogen-bond acceptors (Lipinski definition) is 4. The van der Waals surface area contributed by atoms with Gasteiger partial charge in [0, 0.05) is 6.54 Å². The summed E-state index contributed by atoms with van der Waals surface area (Å²) in [5, 5.41) is 0. The van der Waals surface area contributed by atoms with Crippen LogP contribution in [0.15, 0.2) is 0 Å². The number of carbonyl (C=O) groups excluding carboxylic acids is 2. The minimum Gasteiger partial charge on any atom is -0.443 e. The molecule has 0 saturated heterocycles. The van der Waals surface area contributed by atoms with Crippen molar-refractivity contribution in [1.82, 2.24) is 4.90 Å². The van der Waals surface area contributed by atoms with Gasteiger partial charge >= 0.3 is 6.09 Å². The Morgan fingerprint density at radius 1 is 1.24 bits per heavy atom. The Hall–Kier alpha value is -1.10. The lowest BCUT2D eigenvalue weighted by Gasteiger charge is -2.28. The van der Waals surface area contributed by atoms with Gasteiger partial charge in [0.05, 0.1) is 6.04 Å². The summed E-state index contributed by atoms with van der Waals surface area (Å²) in [5.74, 6) is -0.238. The van der Waals surface area contributed by atoms with E-state index in [0.29, 0.717) is 6.54 Å². The summed E-state index contributed by atoms with van der Waals surface area (Å²) in [6.07, 6.45) is -0.631. The lowest BCUT2D eigenvalue weighted by Crippen LogP contribution is -2.48. The monoisotopic (exact) mass is 244 g/mol. The molecule has 0 aliphatic carbocycles. The van der Waals surface area contributed by atoms with E-state index in [1.807, 2.05) is 13.8 Å². The molecule has 0 aromatic heterocycles. The smallest absolute Gasteiger partial charge is 0.417 e. The van der Waals surface area contributed by atoms with Crippen LogP contribution in [0.25, 0.3) is 0 Å². The first-order valence-corrected chi connectivity index (χ1v) is 5.84. The summed E-state index contributed by atoms with van der Waals surface area (Å²) in [7, 11) is 0. The maximum absolute atomic E-state index is 11.9. The number of nitrogens with two attached hydrogens (primary N) is 1. The molecule has 0 aromatic carbocycles. The second-order valence-electron chi connectivity index (χ2n) is 5.61. The van der Waals surface area contributed by atoms with Crippen molar-refractivity contribution in [2.24, 2.45) is 11.7 Å². The Kier molecular flexibility index (Phi) is 5.61. The highest BCUT2D eigenvalue weighted by atomic mass is 16.6. The Morgan fingerprint density at radius 3 is 2.00 bits per heavy atom. The number of carbonyl (C=O) groups is 2. The number of nitrogens with zero attached hydrogens (tertiary/aromatic N) is 1. The number of imide groups is 1. The van der Waals surface area contributed by atoms with Crippen molar-refractivity contribution in [2.45, 2.75) is 53.2 Å². The van der Waals surface area contributed by atoms with E-state index in [9.17, 15) is 9.59 Å². The van der Waals surface area contributed by atoms with E-state index in [-0.39, 0.29) is 5.92 Å². The van der Waals surface area contributed by atoms with E-state index in [1.165, 1.54) is 0 Å². The van der Waals surface area contributed by atoms with Gasteiger partial charge in [-0.05, 0) is 33.6 Å². The first kappa shape index (κ1) is 15.9.